The third kappa shape index (κ3) is 2.35. The van der Waals surface area contributed by atoms with E-state index in [-0.39, 0.29) is 6.04 Å². The van der Waals surface area contributed by atoms with Gasteiger partial charge < -0.3 is 15.0 Å². The van der Waals surface area contributed by atoms with Crippen molar-refractivity contribution in [1.82, 2.24) is 14.8 Å². The van der Waals surface area contributed by atoms with Gasteiger partial charge in [-0.25, -0.2) is 0 Å². The van der Waals surface area contributed by atoms with Crippen LogP contribution >= 0.6 is 0 Å². The second-order valence-corrected chi connectivity index (χ2v) is 5.13. The first-order chi connectivity index (χ1) is 8.33. The first kappa shape index (κ1) is 11.2. The SMILES string of the molecule is NC1CCn2c(nnc2CC2CCCCO2)C1. The molecule has 0 aromatic carbocycles. The number of hydrogen-bond acceptors (Lipinski definition) is 4. The Bertz CT molecular complexity index is 384. The predicted octanol–water partition coefficient (Wildman–Crippen LogP) is 0.663. The van der Waals surface area contributed by atoms with E-state index in [0.29, 0.717) is 6.10 Å². The van der Waals surface area contributed by atoms with Gasteiger partial charge in [0.2, 0.25) is 0 Å². The molecule has 0 saturated carbocycles. The number of fused-ring (bicyclic) bond motifs is 1. The highest BCUT2D eigenvalue weighted by Crippen LogP contribution is 2.19. The summed E-state index contributed by atoms with van der Waals surface area (Å²) in [4.78, 5) is 0. The number of ether oxygens (including phenoxy) is 1. The predicted molar refractivity (Wildman–Crippen MR) is 63.6 cm³/mol. The molecule has 5 nitrogen and oxygen atoms in total. The van der Waals surface area contributed by atoms with Gasteiger partial charge in [0.1, 0.15) is 11.6 Å². The standard InChI is InChI=1S/C12H20N4O/c13-9-4-5-16-11(7-9)14-15-12(16)8-10-3-1-2-6-17-10/h9-10H,1-8,13H2. The van der Waals surface area contributed by atoms with Gasteiger partial charge in [-0.2, -0.15) is 0 Å². The first-order valence-corrected chi connectivity index (χ1v) is 6.61. The van der Waals surface area contributed by atoms with Crippen LogP contribution in [0.5, 0.6) is 0 Å². The third-order valence-corrected chi connectivity index (χ3v) is 3.76. The van der Waals surface area contributed by atoms with Crippen LogP contribution in [0.4, 0.5) is 0 Å². The maximum Gasteiger partial charge on any atom is 0.135 e. The average Bonchev–Trinajstić information content (AvgIpc) is 2.73. The highest BCUT2D eigenvalue weighted by molar-refractivity contribution is 5.02. The normalized spacial score (nSPS) is 29.0. The average molecular weight is 236 g/mol. The van der Waals surface area contributed by atoms with Crippen LogP contribution in [0.2, 0.25) is 0 Å². The van der Waals surface area contributed by atoms with Crippen LogP contribution in [0, 0.1) is 0 Å². The largest absolute Gasteiger partial charge is 0.378 e. The maximum atomic E-state index is 5.94. The van der Waals surface area contributed by atoms with Crippen molar-refractivity contribution in [2.75, 3.05) is 6.61 Å². The molecule has 1 aromatic heterocycles. The number of rotatable bonds is 2. The molecular formula is C12H20N4O. The van der Waals surface area contributed by atoms with Crippen LogP contribution in [0.1, 0.15) is 37.3 Å². The van der Waals surface area contributed by atoms with Crippen molar-refractivity contribution in [2.45, 2.75) is 57.2 Å². The summed E-state index contributed by atoms with van der Waals surface area (Å²) in [5, 5.41) is 8.55. The van der Waals surface area contributed by atoms with Gasteiger partial charge in [-0.3, -0.25) is 0 Å². The molecule has 2 atom stereocenters. The summed E-state index contributed by atoms with van der Waals surface area (Å²) in [6.45, 7) is 1.86. The summed E-state index contributed by atoms with van der Waals surface area (Å²) in [5.41, 5.74) is 5.94. The van der Waals surface area contributed by atoms with Gasteiger partial charge in [-0.05, 0) is 25.7 Å². The molecule has 0 bridgehead atoms. The van der Waals surface area contributed by atoms with Crippen molar-refractivity contribution < 1.29 is 4.74 Å². The number of hydrogen-bond donors (Lipinski definition) is 1. The fourth-order valence-electron chi connectivity index (χ4n) is 2.74. The molecule has 0 aliphatic carbocycles. The number of nitrogens with zero attached hydrogens (tertiary/aromatic N) is 3. The minimum Gasteiger partial charge on any atom is -0.378 e. The van der Waals surface area contributed by atoms with Crippen molar-refractivity contribution in [3.05, 3.63) is 11.6 Å². The second kappa shape index (κ2) is 4.74. The first-order valence-electron chi connectivity index (χ1n) is 6.61. The molecule has 1 fully saturated rings. The molecule has 0 amide bonds. The monoisotopic (exact) mass is 236 g/mol. The van der Waals surface area contributed by atoms with Gasteiger partial charge in [0.05, 0.1) is 6.10 Å². The minimum atomic E-state index is 0.255. The van der Waals surface area contributed by atoms with Crippen LogP contribution < -0.4 is 5.73 Å². The van der Waals surface area contributed by atoms with E-state index in [0.717, 1.165) is 50.5 Å². The van der Waals surface area contributed by atoms with E-state index in [1.54, 1.807) is 0 Å². The van der Waals surface area contributed by atoms with Crippen molar-refractivity contribution in [3.8, 4) is 0 Å². The fourth-order valence-corrected chi connectivity index (χ4v) is 2.74. The molecule has 2 aliphatic heterocycles. The zero-order valence-electron chi connectivity index (χ0n) is 10.1. The van der Waals surface area contributed by atoms with Crippen molar-refractivity contribution >= 4 is 0 Å². The topological polar surface area (TPSA) is 66.0 Å². The Kier molecular flexibility index (Phi) is 3.11. The molecule has 5 heteroatoms. The minimum absolute atomic E-state index is 0.255. The highest BCUT2D eigenvalue weighted by Gasteiger charge is 2.23. The summed E-state index contributed by atoms with van der Waals surface area (Å²) >= 11 is 0. The Morgan fingerprint density at radius 2 is 2.24 bits per heavy atom. The van der Waals surface area contributed by atoms with E-state index < -0.39 is 0 Å². The van der Waals surface area contributed by atoms with E-state index in [1.165, 1.54) is 12.8 Å². The Hall–Kier alpha value is -0.940. The van der Waals surface area contributed by atoms with Gasteiger partial charge in [-0.15, -0.1) is 10.2 Å². The summed E-state index contributed by atoms with van der Waals surface area (Å²) in [5.74, 6) is 2.13. The van der Waals surface area contributed by atoms with Crippen molar-refractivity contribution in [3.63, 3.8) is 0 Å². The Labute approximate surface area is 101 Å². The molecule has 1 aromatic rings. The summed E-state index contributed by atoms with van der Waals surface area (Å²) in [6, 6.07) is 0.255. The molecule has 94 valence electrons. The lowest BCUT2D eigenvalue weighted by Gasteiger charge is -2.24. The zero-order chi connectivity index (χ0) is 11.7. The lowest BCUT2D eigenvalue weighted by atomic mass is 10.0. The Balaban J connectivity index is 1.71. The Morgan fingerprint density at radius 1 is 1.29 bits per heavy atom. The van der Waals surface area contributed by atoms with Gasteiger partial charge >= 0.3 is 0 Å². The van der Waals surface area contributed by atoms with Crippen molar-refractivity contribution in [2.24, 2.45) is 5.73 Å². The molecule has 17 heavy (non-hydrogen) atoms. The summed E-state index contributed by atoms with van der Waals surface area (Å²) in [6.07, 6.45) is 6.76. The van der Waals surface area contributed by atoms with Gasteiger partial charge in [0.15, 0.2) is 0 Å². The molecule has 0 spiro atoms. The molecule has 3 rings (SSSR count). The molecule has 2 aliphatic rings. The molecule has 1 saturated heterocycles. The lowest BCUT2D eigenvalue weighted by Crippen LogP contribution is -2.32. The van der Waals surface area contributed by atoms with Gasteiger partial charge in [0.25, 0.3) is 0 Å². The smallest absolute Gasteiger partial charge is 0.135 e. The van der Waals surface area contributed by atoms with E-state index in [9.17, 15) is 0 Å². The second-order valence-electron chi connectivity index (χ2n) is 5.13. The van der Waals surface area contributed by atoms with E-state index >= 15 is 0 Å². The zero-order valence-corrected chi connectivity index (χ0v) is 10.1. The van der Waals surface area contributed by atoms with Gasteiger partial charge in [-0.1, -0.05) is 0 Å². The van der Waals surface area contributed by atoms with Gasteiger partial charge in [0, 0.05) is 32.0 Å². The van der Waals surface area contributed by atoms with Crippen LogP contribution in [-0.2, 0) is 24.1 Å². The van der Waals surface area contributed by atoms with E-state index in [1.807, 2.05) is 0 Å². The Morgan fingerprint density at radius 3 is 3.06 bits per heavy atom. The lowest BCUT2D eigenvalue weighted by molar-refractivity contribution is 0.0150. The van der Waals surface area contributed by atoms with E-state index in [2.05, 4.69) is 14.8 Å². The third-order valence-electron chi connectivity index (χ3n) is 3.76. The van der Waals surface area contributed by atoms with Crippen molar-refractivity contribution in [1.29, 1.82) is 0 Å². The number of nitrogens with two attached hydrogens (primary N) is 1. The highest BCUT2D eigenvalue weighted by atomic mass is 16.5. The van der Waals surface area contributed by atoms with Crippen LogP contribution in [-0.4, -0.2) is 33.5 Å². The molecular weight excluding hydrogens is 216 g/mol. The van der Waals surface area contributed by atoms with Crippen LogP contribution in [0.15, 0.2) is 0 Å². The van der Waals surface area contributed by atoms with Crippen LogP contribution in [0.25, 0.3) is 0 Å². The molecule has 3 heterocycles. The van der Waals surface area contributed by atoms with Crippen LogP contribution in [0.3, 0.4) is 0 Å². The summed E-state index contributed by atoms with van der Waals surface area (Å²) < 4.78 is 8.00. The number of aromatic nitrogens is 3. The molecule has 2 unspecified atom stereocenters. The molecule has 2 N–H and O–H groups in total. The maximum absolute atomic E-state index is 5.94. The fraction of sp³-hybridized carbons (Fsp3) is 0.833. The summed E-state index contributed by atoms with van der Waals surface area (Å²) in [7, 11) is 0. The quantitative estimate of drug-likeness (QED) is 0.819. The van der Waals surface area contributed by atoms with E-state index in [4.69, 9.17) is 10.5 Å². The molecule has 0 radical (unpaired) electrons.